The molecule has 48 heavy (non-hydrogen) atoms. The van der Waals surface area contributed by atoms with Gasteiger partial charge in [-0.3, -0.25) is 0 Å². The molecule has 0 saturated heterocycles. The van der Waals surface area contributed by atoms with Crippen LogP contribution in [-0.2, 0) is 30.4 Å². The summed E-state index contributed by atoms with van der Waals surface area (Å²) in [5.41, 5.74) is -8.00. The molecule has 1 aliphatic carbocycles. The third-order valence-corrected chi connectivity index (χ3v) is 9.85. The fourth-order valence-corrected chi connectivity index (χ4v) is 7.32. The van der Waals surface area contributed by atoms with Crippen molar-refractivity contribution in [2.24, 2.45) is 0 Å². The number of aliphatic hydroxyl groups is 5. The van der Waals surface area contributed by atoms with Crippen LogP contribution in [0.3, 0.4) is 0 Å². The van der Waals surface area contributed by atoms with E-state index in [1.165, 1.54) is 12.1 Å². The highest BCUT2D eigenvalue weighted by atomic mass is 16.6. The monoisotopic (exact) mass is 644 g/mol. The summed E-state index contributed by atoms with van der Waals surface area (Å²) in [7, 11) is 0. The molecule has 0 spiro atoms. The molecule has 6 atom stereocenters. The van der Waals surface area contributed by atoms with Crippen LogP contribution in [0, 0.1) is 0 Å². The molecular formula is C41H40O7. The lowest BCUT2D eigenvalue weighted by molar-refractivity contribution is -0.379. The maximum Gasteiger partial charge on any atom is 0.338 e. The normalized spacial score (nSPS) is 28.4. The first-order valence-electron chi connectivity index (χ1n) is 16.1. The second-order valence-electron chi connectivity index (χ2n) is 12.9. The Balaban J connectivity index is 1.62. The Morgan fingerprint density at radius 3 is 1.19 bits per heavy atom. The second kappa shape index (κ2) is 13.5. The van der Waals surface area contributed by atoms with E-state index in [2.05, 4.69) is 0 Å². The fourth-order valence-electron chi connectivity index (χ4n) is 7.32. The van der Waals surface area contributed by atoms with Gasteiger partial charge in [-0.1, -0.05) is 140 Å². The SMILES string of the molecule is O=C(O[C@@H]1[C@@H](O)[C@@](O)(Cc2ccccc2)[C@](O)(Cc2ccccc2)[C@@](O)(Cc2ccccc2)[C@]1(O)Cc1ccccc1)c1ccccc1. The molecule has 246 valence electrons. The Bertz CT molecular complexity index is 1790. The van der Waals surface area contributed by atoms with Gasteiger partial charge in [0.25, 0.3) is 0 Å². The van der Waals surface area contributed by atoms with Gasteiger partial charge >= 0.3 is 5.97 Å². The number of esters is 1. The molecule has 1 aliphatic rings. The third kappa shape index (κ3) is 5.96. The highest BCUT2D eigenvalue weighted by Crippen LogP contribution is 2.55. The molecule has 0 aliphatic heterocycles. The van der Waals surface area contributed by atoms with Crippen molar-refractivity contribution >= 4 is 5.97 Å². The molecule has 0 heterocycles. The third-order valence-electron chi connectivity index (χ3n) is 9.85. The van der Waals surface area contributed by atoms with Crippen molar-refractivity contribution in [2.45, 2.75) is 60.3 Å². The Kier molecular flexibility index (Phi) is 9.34. The average molecular weight is 645 g/mol. The van der Waals surface area contributed by atoms with Crippen LogP contribution in [0.5, 0.6) is 0 Å². The topological polar surface area (TPSA) is 127 Å². The van der Waals surface area contributed by atoms with Crippen molar-refractivity contribution in [3.05, 3.63) is 179 Å². The number of ether oxygens (including phenoxy) is 1. The van der Waals surface area contributed by atoms with Gasteiger partial charge in [-0.2, -0.15) is 0 Å². The van der Waals surface area contributed by atoms with Gasteiger partial charge in [-0.05, 0) is 34.4 Å². The summed E-state index contributed by atoms with van der Waals surface area (Å²) in [4.78, 5) is 13.7. The first-order valence-corrected chi connectivity index (χ1v) is 16.1. The molecule has 0 radical (unpaired) electrons. The van der Waals surface area contributed by atoms with Gasteiger partial charge in [0.1, 0.15) is 28.5 Å². The van der Waals surface area contributed by atoms with Gasteiger partial charge in [0.05, 0.1) is 5.56 Å². The van der Waals surface area contributed by atoms with E-state index in [1.54, 1.807) is 140 Å². The van der Waals surface area contributed by atoms with Gasteiger partial charge < -0.3 is 30.3 Å². The van der Waals surface area contributed by atoms with Gasteiger partial charge in [0, 0.05) is 25.7 Å². The summed E-state index contributed by atoms with van der Waals surface area (Å²) in [5.74, 6) is -0.872. The first kappa shape index (κ1) is 33.3. The Labute approximate surface area is 280 Å². The van der Waals surface area contributed by atoms with Gasteiger partial charge in [0.2, 0.25) is 0 Å². The average Bonchev–Trinajstić information content (AvgIpc) is 3.11. The van der Waals surface area contributed by atoms with Crippen molar-refractivity contribution in [1.82, 2.24) is 0 Å². The maximum absolute atomic E-state index is 13.7. The minimum absolute atomic E-state index is 0.148. The lowest BCUT2D eigenvalue weighted by Crippen LogP contribution is -2.89. The number of hydrogen-bond donors (Lipinski definition) is 5. The van der Waals surface area contributed by atoms with Crippen molar-refractivity contribution < 1.29 is 35.1 Å². The second-order valence-corrected chi connectivity index (χ2v) is 12.9. The molecule has 0 unspecified atom stereocenters. The summed E-state index contributed by atoms with van der Waals surface area (Å²) in [5, 5.41) is 65.3. The summed E-state index contributed by atoms with van der Waals surface area (Å²) >= 11 is 0. The van der Waals surface area contributed by atoms with E-state index in [-0.39, 0.29) is 31.2 Å². The van der Waals surface area contributed by atoms with Crippen LogP contribution in [0.4, 0.5) is 0 Å². The molecule has 5 aromatic rings. The van der Waals surface area contributed by atoms with Crippen LogP contribution in [0.1, 0.15) is 32.6 Å². The fraction of sp³-hybridized carbons (Fsp3) is 0.244. The van der Waals surface area contributed by atoms with Crippen LogP contribution in [0.15, 0.2) is 152 Å². The van der Waals surface area contributed by atoms with Crippen LogP contribution < -0.4 is 0 Å². The number of rotatable bonds is 10. The van der Waals surface area contributed by atoms with Crippen molar-refractivity contribution in [2.75, 3.05) is 0 Å². The Morgan fingerprint density at radius 2 is 0.792 bits per heavy atom. The van der Waals surface area contributed by atoms with E-state index in [0.29, 0.717) is 22.3 Å². The molecule has 5 N–H and O–H groups in total. The van der Waals surface area contributed by atoms with Crippen LogP contribution in [0.2, 0.25) is 0 Å². The summed E-state index contributed by atoms with van der Waals surface area (Å²) in [6, 6.07) is 43.4. The van der Waals surface area contributed by atoms with E-state index < -0.39 is 40.6 Å². The molecule has 0 aromatic heterocycles. The molecule has 1 fully saturated rings. The quantitative estimate of drug-likeness (QED) is 0.142. The van der Waals surface area contributed by atoms with Crippen LogP contribution in [-0.4, -0.2) is 66.1 Å². The number of aliphatic hydroxyl groups excluding tert-OH is 1. The van der Waals surface area contributed by atoms with Crippen molar-refractivity contribution in [1.29, 1.82) is 0 Å². The van der Waals surface area contributed by atoms with E-state index in [0.717, 1.165) is 0 Å². The standard InChI is InChI=1S/C41H40O7/c42-35-36(48-37(43)34-24-14-5-15-25-34)39(45,27-31-18-8-2-9-19-31)41(47,29-33-22-12-4-13-23-33)40(46,28-32-20-10-3-11-21-32)38(35,44)26-30-16-6-1-7-17-30/h1-25,35-36,42,44-47H,26-29H2/t35-,36-,38+,39+,40-,41-/m1/s1. The molecular weight excluding hydrogens is 604 g/mol. The van der Waals surface area contributed by atoms with Gasteiger partial charge in [0.15, 0.2) is 6.10 Å². The summed E-state index contributed by atoms with van der Waals surface area (Å²) < 4.78 is 6.02. The van der Waals surface area contributed by atoms with E-state index in [1.807, 2.05) is 0 Å². The predicted octanol–water partition coefficient (Wildman–Crippen LogP) is 4.48. The minimum atomic E-state index is -2.63. The highest BCUT2D eigenvalue weighted by molar-refractivity contribution is 5.89. The lowest BCUT2D eigenvalue weighted by atomic mass is 9.49. The molecule has 6 rings (SSSR count). The molecule has 0 amide bonds. The summed E-state index contributed by atoms with van der Waals surface area (Å²) in [6.45, 7) is 0. The molecule has 1 saturated carbocycles. The maximum atomic E-state index is 13.7. The Morgan fingerprint density at radius 1 is 0.479 bits per heavy atom. The van der Waals surface area contributed by atoms with E-state index in [9.17, 15) is 30.3 Å². The summed E-state index contributed by atoms with van der Waals surface area (Å²) in [6.07, 6.45) is -5.35. The molecule has 0 bridgehead atoms. The zero-order valence-electron chi connectivity index (χ0n) is 26.5. The lowest BCUT2D eigenvalue weighted by Gasteiger charge is -2.66. The zero-order valence-corrected chi connectivity index (χ0v) is 26.5. The largest absolute Gasteiger partial charge is 0.453 e. The smallest absolute Gasteiger partial charge is 0.338 e. The highest BCUT2D eigenvalue weighted by Gasteiger charge is 2.79. The van der Waals surface area contributed by atoms with Crippen LogP contribution >= 0.6 is 0 Å². The number of benzene rings is 5. The van der Waals surface area contributed by atoms with Gasteiger partial charge in [-0.25, -0.2) is 4.79 Å². The van der Waals surface area contributed by atoms with Crippen LogP contribution in [0.25, 0.3) is 0 Å². The molecule has 7 nitrogen and oxygen atoms in total. The van der Waals surface area contributed by atoms with Crippen molar-refractivity contribution in [3.63, 3.8) is 0 Å². The minimum Gasteiger partial charge on any atom is -0.453 e. The number of carbonyl (C=O) groups is 1. The number of hydrogen-bond acceptors (Lipinski definition) is 7. The zero-order chi connectivity index (χ0) is 33.8. The van der Waals surface area contributed by atoms with E-state index in [4.69, 9.17) is 4.74 Å². The number of carbonyl (C=O) groups excluding carboxylic acids is 1. The molecule has 5 aromatic carbocycles. The van der Waals surface area contributed by atoms with Gasteiger partial charge in [-0.15, -0.1) is 0 Å². The predicted molar refractivity (Wildman–Crippen MR) is 182 cm³/mol. The Hall–Kier alpha value is -4.63. The molecule has 7 heteroatoms. The first-order chi connectivity index (χ1) is 23.1. The van der Waals surface area contributed by atoms with Crippen molar-refractivity contribution in [3.8, 4) is 0 Å². The van der Waals surface area contributed by atoms with E-state index >= 15 is 0 Å².